The van der Waals surface area contributed by atoms with E-state index in [-0.39, 0.29) is 17.9 Å². The molecule has 6 heteroatoms. The van der Waals surface area contributed by atoms with Crippen molar-refractivity contribution in [3.05, 3.63) is 47.0 Å². The number of rotatable bonds is 3. The van der Waals surface area contributed by atoms with Crippen LogP contribution in [0.4, 0.5) is 4.79 Å². The third-order valence-corrected chi connectivity index (χ3v) is 4.18. The molecule has 0 fully saturated rings. The second-order valence-electron chi connectivity index (χ2n) is 7.28. The van der Waals surface area contributed by atoms with Crippen molar-refractivity contribution in [1.29, 1.82) is 0 Å². The van der Waals surface area contributed by atoms with Gasteiger partial charge in [0.25, 0.3) is 11.8 Å². The summed E-state index contributed by atoms with van der Waals surface area (Å²) in [6.07, 6.45) is 2.17. The van der Waals surface area contributed by atoms with Crippen molar-refractivity contribution < 1.29 is 19.1 Å². The number of imide groups is 1. The number of hydrogen-bond acceptors (Lipinski definition) is 4. The van der Waals surface area contributed by atoms with E-state index in [2.05, 4.69) is 0 Å². The average molecular weight is 342 g/mol. The lowest BCUT2D eigenvalue weighted by atomic mass is 10.1. The first kappa shape index (κ1) is 17.2. The van der Waals surface area contributed by atoms with E-state index in [9.17, 15) is 14.4 Å². The number of fused-ring (bicyclic) bond motifs is 1. The molecule has 2 aliphatic rings. The highest BCUT2D eigenvalue weighted by Crippen LogP contribution is 2.24. The van der Waals surface area contributed by atoms with Gasteiger partial charge in [-0.1, -0.05) is 23.8 Å². The van der Waals surface area contributed by atoms with Crippen LogP contribution in [-0.4, -0.2) is 52.9 Å². The van der Waals surface area contributed by atoms with E-state index >= 15 is 0 Å². The number of hydrogen-bond donors (Lipinski definition) is 0. The molecule has 3 amide bonds. The van der Waals surface area contributed by atoms with Crippen LogP contribution >= 0.6 is 0 Å². The standard InChI is InChI=1S/C19H22N2O4/c1-19(2,3)25-18(24)20-10-8-13(12-20)9-11-21-16(22)14-6-4-5-7-15(14)17(21)23/h4-8H,9-12H2,1-3H3. The fourth-order valence-corrected chi connectivity index (χ4v) is 2.96. The van der Waals surface area contributed by atoms with Crippen molar-refractivity contribution in [2.45, 2.75) is 32.8 Å². The molecule has 25 heavy (non-hydrogen) atoms. The molecule has 6 nitrogen and oxygen atoms in total. The van der Waals surface area contributed by atoms with Gasteiger partial charge in [-0.05, 0) is 39.3 Å². The van der Waals surface area contributed by atoms with Crippen LogP contribution in [0, 0.1) is 0 Å². The van der Waals surface area contributed by atoms with E-state index in [4.69, 9.17) is 4.74 Å². The Kier molecular flexibility index (Phi) is 4.37. The van der Waals surface area contributed by atoms with Crippen LogP contribution in [0.5, 0.6) is 0 Å². The lowest BCUT2D eigenvalue weighted by molar-refractivity contribution is 0.0299. The zero-order valence-corrected chi connectivity index (χ0v) is 14.7. The van der Waals surface area contributed by atoms with Gasteiger partial charge in [0, 0.05) is 19.6 Å². The monoisotopic (exact) mass is 342 g/mol. The lowest BCUT2D eigenvalue weighted by Crippen LogP contribution is -2.36. The summed E-state index contributed by atoms with van der Waals surface area (Å²) in [5.74, 6) is -0.494. The fraction of sp³-hybridized carbons (Fsp3) is 0.421. The van der Waals surface area contributed by atoms with Crippen LogP contribution in [0.15, 0.2) is 35.9 Å². The predicted octanol–water partition coefficient (Wildman–Crippen LogP) is 2.85. The smallest absolute Gasteiger partial charge is 0.410 e. The van der Waals surface area contributed by atoms with Crippen LogP contribution in [0.3, 0.4) is 0 Å². The Labute approximate surface area is 147 Å². The Balaban J connectivity index is 1.55. The van der Waals surface area contributed by atoms with Crippen molar-refractivity contribution in [3.8, 4) is 0 Å². The Morgan fingerprint density at radius 3 is 2.28 bits per heavy atom. The van der Waals surface area contributed by atoms with Crippen LogP contribution in [0.25, 0.3) is 0 Å². The zero-order valence-electron chi connectivity index (χ0n) is 14.7. The quantitative estimate of drug-likeness (QED) is 0.626. The fourth-order valence-electron chi connectivity index (χ4n) is 2.96. The Morgan fingerprint density at radius 1 is 1.12 bits per heavy atom. The number of carbonyl (C=O) groups is 3. The summed E-state index contributed by atoms with van der Waals surface area (Å²) in [7, 11) is 0. The molecule has 0 aliphatic carbocycles. The van der Waals surface area contributed by atoms with Crippen molar-refractivity contribution in [2.24, 2.45) is 0 Å². The van der Waals surface area contributed by atoms with Gasteiger partial charge in [-0.25, -0.2) is 4.79 Å². The van der Waals surface area contributed by atoms with E-state index in [0.717, 1.165) is 5.57 Å². The highest BCUT2D eigenvalue weighted by molar-refractivity contribution is 6.21. The molecule has 0 N–H and O–H groups in total. The van der Waals surface area contributed by atoms with Crippen LogP contribution < -0.4 is 0 Å². The molecule has 1 aromatic carbocycles. The van der Waals surface area contributed by atoms with Gasteiger partial charge in [0.05, 0.1) is 11.1 Å². The minimum absolute atomic E-state index is 0.247. The second-order valence-corrected chi connectivity index (χ2v) is 7.28. The van der Waals surface area contributed by atoms with Crippen LogP contribution in [-0.2, 0) is 4.74 Å². The summed E-state index contributed by atoms with van der Waals surface area (Å²) in [6.45, 7) is 6.78. The number of nitrogens with zero attached hydrogens (tertiary/aromatic N) is 2. The summed E-state index contributed by atoms with van der Waals surface area (Å²) in [5, 5.41) is 0. The number of carbonyl (C=O) groups excluding carboxylic acids is 3. The van der Waals surface area contributed by atoms with Gasteiger partial charge in [0.15, 0.2) is 0 Å². The van der Waals surface area contributed by atoms with Gasteiger partial charge in [-0.2, -0.15) is 0 Å². The van der Waals surface area contributed by atoms with Gasteiger partial charge in [0.1, 0.15) is 5.60 Å². The molecule has 3 rings (SSSR count). The highest BCUT2D eigenvalue weighted by Gasteiger charge is 2.35. The van der Waals surface area contributed by atoms with E-state index in [1.54, 1.807) is 29.2 Å². The first-order valence-electron chi connectivity index (χ1n) is 8.37. The van der Waals surface area contributed by atoms with Crippen LogP contribution in [0.1, 0.15) is 47.9 Å². The van der Waals surface area contributed by atoms with Gasteiger partial charge in [-0.3, -0.25) is 14.5 Å². The molecule has 0 unspecified atom stereocenters. The maximum Gasteiger partial charge on any atom is 0.410 e. The van der Waals surface area contributed by atoms with E-state index in [1.165, 1.54) is 4.90 Å². The van der Waals surface area contributed by atoms with E-state index in [1.807, 2.05) is 26.8 Å². The molecule has 0 saturated heterocycles. The maximum absolute atomic E-state index is 12.3. The van der Waals surface area contributed by atoms with Gasteiger partial charge in [0.2, 0.25) is 0 Å². The molecule has 0 radical (unpaired) electrons. The third kappa shape index (κ3) is 3.57. The summed E-state index contributed by atoms with van der Waals surface area (Å²) >= 11 is 0. The molecular formula is C19H22N2O4. The Bertz CT molecular complexity index is 726. The topological polar surface area (TPSA) is 66.9 Å². The number of benzene rings is 1. The normalized spacial score (nSPS) is 17.0. The zero-order chi connectivity index (χ0) is 18.2. The molecule has 132 valence electrons. The molecule has 1 aromatic rings. The molecule has 2 heterocycles. The van der Waals surface area contributed by atoms with E-state index < -0.39 is 5.60 Å². The Hall–Kier alpha value is -2.63. The van der Waals surface area contributed by atoms with Crippen molar-refractivity contribution in [1.82, 2.24) is 9.80 Å². The molecule has 0 atom stereocenters. The first-order chi connectivity index (χ1) is 11.8. The van der Waals surface area contributed by atoms with E-state index in [0.29, 0.717) is 37.2 Å². The lowest BCUT2D eigenvalue weighted by Gasteiger charge is -2.24. The summed E-state index contributed by atoms with van der Waals surface area (Å²) in [5.41, 5.74) is 1.42. The van der Waals surface area contributed by atoms with Crippen LogP contribution in [0.2, 0.25) is 0 Å². The largest absolute Gasteiger partial charge is 0.444 e. The maximum atomic E-state index is 12.3. The average Bonchev–Trinajstić information content (AvgIpc) is 3.10. The molecule has 0 aromatic heterocycles. The van der Waals surface area contributed by atoms with Crippen molar-refractivity contribution in [3.63, 3.8) is 0 Å². The van der Waals surface area contributed by atoms with Crippen molar-refractivity contribution >= 4 is 17.9 Å². The van der Waals surface area contributed by atoms with Crippen molar-refractivity contribution in [2.75, 3.05) is 19.6 Å². The minimum atomic E-state index is -0.528. The molecule has 0 spiro atoms. The second kappa shape index (κ2) is 6.35. The SMILES string of the molecule is CC(C)(C)OC(=O)N1CC=C(CCN2C(=O)c3ccccc3C2=O)C1. The molecular weight excluding hydrogens is 320 g/mol. The minimum Gasteiger partial charge on any atom is -0.444 e. The summed E-state index contributed by atoms with van der Waals surface area (Å²) < 4.78 is 5.36. The number of ether oxygens (including phenoxy) is 1. The highest BCUT2D eigenvalue weighted by atomic mass is 16.6. The summed E-state index contributed by atoms with van der Waals surface area (Å²) in [4.78, 5) is 39.6. The molecule has 0 saturated carbocycles. The van der Waals surface area contributed by atoms with Gasteiger partial charge in [-0.15, -0.1) is 0 Å². The third-order valence-electron chi connectivity index (χ3n) is 4.18. The Morgan fingerprint density at radius 2 is 1.72 bits per heavy atom. The summed E-state index contributed by atoms with van der Waals surface area (Å²) in [6, 6.07) is 6.86. The number of amides is 3. The predicted molar refractivity (Wildman–Crippen MR) is 92.3 cm³/mol. The molecule has 2 aliphatic heterocycles. The van der Waals surface area contributed by atoms with Gasteiger partial charge < -0.3 is 9.64 Å². The first-order valence-corrected chi connectivity index (χ1v) is 8.37. The molecule has 0 bridgehead atoms. The van der Waals surface area contributed by atoms with Gasteiger partial charge >= 0.3 is 6.09 Å².